The van der Waals surface area contributed by atoms with E-state index in [0.717, 1.165) is 61.8 Å². The molecule has 1 aromatic rings. The summed E-state index contributed by atoms with van der Waals surface area (Å²) in [5, 5.41) is 4.21. The van der Waals surface area contributed by atoms with E-state index < -0.39 is 0 Å². The van der Waals surface area contributed by atoms with Crippen LogP contribution in [0.25, 0.3) is 0 Å². The monoisotopic (exact) mass is 370 g/mol. The second kappa shape index (κ2) is 9.65. The van der Waals surface area contributed by atoms with Gasteiger partial charge in [-0.15, -0.1) is 12.4 Å². The molecule has 0 saturated carbocycles. The molecule has 0 aromatic heterocycles. The lowest BCUT2D eigenvalue weighted by atomic mass is 9.93. The number of hydrogen-bond acceptors (Lipinski definition) is 2. The number of nitrogens with one attached hydrogen (secondary N) is 1. The SMILES string of the molecule is Cl.O=C(CCC1CCNCC1)N1CCCC1Cc1ccccc1Cl. The average molecular weight is 371 g/mol. The van der Waals surface area contributed by atoms with Gasteiger partial charge in [0, 0.05) is 24.0 Å². The largest absolute Gasteiger partial charge is 0.339 e. The first kappa shape index (κ1) is 19.6. The third-order valence-electron chi connectivity index (χ3n) is 5.34. The number of piperidine rings is 1. The number of carbonyl (C=O) groups excluding carboxylic acids is 1. The number of likely N-dealkylation sites (tertiary alicyclic amines) is 1. The number of hydrogen-bond donors (Lipinski definition) is 1. The van der Waals surface area contributed by atoms with Gasteiger partial charge in [-0.2, -0.15) is 0 Å². The Balaban J connectivity index is 0.00000208. The zero-order chi connectivity index (χ0) is 16.1. The van der Waals surface area contributed by atoms with Gasteiger partial charge < -0.3 is 10.2 Å². The number of carbonyl (C=O) groups is 1. The lowest BCUT2D eigenvalue weighted by Crippen LogP contribution is -2.37. The fourth-order valence-electron chi connectivity index (χ4n) is 3.94. The number of benzene rings is 1. The Morgan fingerprint density at radius 1 is 1.21 bits per heavy atom. The van der Waals surface area contributed by atoms with Crippen molar-refractivity contribution in [1.82, 2.24) is 10.2 Å². The summed E-state index contributed by atoms with van der Waals surface area (Å²) in [5.74, 6) is 1.07. The van der Waals surface area contributed by atoms with Crippen LogP contribution in [0.5, 0.6) is 0 Å². The molecule has 134 valence electrons. The van der Waals surface area contributed by atoms with Crippen molar-refractivity contribution in [2.24, 2.45) is 5.92 Å². The zero-order valence-electron chi connectivity index (χ0n) is 14.2. The van der Waals surface area contributed by atoms with E-state index in [1.165, 1.54) is 12.8 Å². The predicted molar refractivity (Wildman–Crippen MR) is 102 cm³/mol. The highest BCUT2D eigenvalue weighted by atomic mass is 35.5. The molecule has 0 radical (unpaired) electrons. The molecule has 1 atom stereocenters. The minimum atomic E-state index is 0. The van der Waals surface area contributed by atoms with Gasteiger partial charge in [0.05, 0.1) is 0 Å². The van der Waals surface area contributed by atoms with Gasteiger partial charge in [0.15, 0.2) is 0 Å². The van der Waals surface area contributed by atoms with Crippen molar-refractivity contribution >= 4 is 29.9 Å². The van der Waals surface area contributed by atoms with Crippen LogP contribution in [0.3, 0.4) is 0 Å². The molecule has 3 nitrogen and oxygen atoms in total. The molecule has 24 heavy (non-hydrogen) atoms. The van der Waals surface area contributed by atoms with Crippen LogP contribution in [-0.2, 0) is 11.2 Å². The summed E-state index contributed by atoms with van der Waals surface area (Å²) >= 11 is 6.28. The van der Waals surface area contributed by atoms with Crippen molar-refractivity contribution < 1.29 is 4.79 Å². The van der Waals surface area contributed by atoms with Crippen molar-refractivity contribution in [2.45, 2.75) is 51.0 Å². The molecule has 3 rings (SSSR count). The molecule has 1 unspecified atom stereocenters. The van der Waals surface area contributed by atoms with Crippen LogP contribution in [0.4, 0.5) is 0 Å². The first-order valence-corrected chi connectivity index (χ1v) is 9.35. The molecule has 0 spiro atoms. The first-order valence-electron chi connectivity index (χ1n) is 8.97. The molecular weight excluding hydrogens is 343 g/mol. The average Bonchev–Trinajstić information content (AvgIpc) is 3.04. The molecule has 0 aliphatic carbocycles. The van der Waals surface area contributed by atoms with Crippen molar-refractivity contribution in [3.63, 3.8) is 0 Å². The fraction of sp³-hybridized carbons (Fsp3) is 0.632. The van der Waals surface area contributed by atoms with E-state index >= 15 is 0 Å². The van der Waals surface area contributed by atoms with Crippen LogP contribution in [0.15, 0.2) is 24.3 Å². The number of amides is 1. The Hall–Kier alpha value is -0.770. The third kappa shape index (κ3) is 5.11. The van der Waals surface area contributed by atoms with Crippen LogP contribution in [-0.4, -0.2) is 36.5 Å². The third-order valence-corrected chi connectivity index (χ3v) is 5.70. The van der Waals surface area contributed by atoms with Gasteiger partial charge >= 0.3 is 0 Å². The highest BCUT2D eigenvalue weighted by Crippen LogP contribution is 2.26. The highest BCUT2D eigenvalue weighted by Gasteiger charge is 2.29. The van der Waals surface area contributed by atoms with E-state index in [9.17, 15) is 4.79 Å². The van der Waals surface area contributed by atoms with Crippen LogP contribution < -0.4 is 5.32 Å². The summed E-state index contributed by atoms with van der Waals surface area (Å²) < 4.78 is 0. The molecule has 5 heteroatoms. The summed E-state index contributed by atoms with van der Waals surface area (Å²) in [6.45, 7) is 3.13. The standard InChI is InChI=1S/C19H27ClN2O.ClH/c20-18-6-2-1-4-16(18)14-17-5-3-13-22(17)19(23)8-7-15-9-11-21-12-10-15;/h1-2,4,6,15,17,21H,3,5,7-14H2;1H. The lowest BCUT2D eigenvalue weighted by molar-refractivity contribution is -0.132. The minimum Gasteiger partial charge on any atom is -0.339 e. The van der Waals surface area contributed by atoms with Crippen molar-refractivity contribution in [3.05, 3.63) is 34.9 Å². The van der Waals surface area contributed by atoms with Crippen molar-refractivity contribution in [2.75, 3.05) is 19.6 Å². The Kier molecular flexibility index (Phi) is 7.86. The van der Waals surface area contributed by atoms with E-state index in [0.29, 0.717) is 18.4 Å². The van der Waals surface area contributed by atoms with Crippen molar-refractivity contribution in [1.29, 1.82) is 0 Å². The van der Waals surface area contributed by atoms with Gasteiger partial charge in [0.2, 0.25) is 5.91 Å². The van der Waals surface area contributed by atoms with Crippen LogP contribution in [0.2, 0.25) is 5.02 Å². The van der Waals surface area contributed by atoms with E-state index in [1.807, 2.05) is 18.2 Å². The maximum Gasteiger partial charge on any atom is 0.222 e. The molecule has 1 amide bonds. The molecule has 2 fully saturated rings. The Labute approximate surface area is 156 Å². The molecule has 2 saturated heterocycles. The summed E-state index contributed by atoms with van der Waals surface area (Å²) in [4.78, 5) is 14.8. The maximum absolute atomic E-state index is 12.7. The molecule has 0 bridgehead atoms. The summed E-state index contributed by atoms with van der Waals surface area (Å²) in [7, 11) is 0. The molecule has 2 heterocycles. The lowest BCUT2D eigenvalue weighted by Gasteiger charge is -2.27. The quantitative estimate of drug-likeness (QED) is 0.846. The maximum atomic E-state index is 12.7. The molecule has 2 aliphatic rings. The van der Waals surface area contributed by atoms with Crippen molar-refractivity contribution in [3.8, 4) is 0 Å². The fourth-order valence-corrected chi connectivity index (χ4v) is 4.15. The molecule has 2 aliphatic heterocycles. The summed E-state index contributed by atoms with van der Waals surface area (Å²) in [6, 6.07) is 8.34. The van der Waals surface area contributed by atoms with E-state index in [-0.39, 0.29) is 12.4 Å². The predicted octanol–water partition coefficient (Wildman–Crippen LogP) is 4.08. The Morgan fingerprint density at radius 2 is 1.96 bits per heavy atom. The Morgan fingerprint density at radius 3 is 2.71 bits per heavy atom. The summed E-state index contributed by atoms with van der Waals surface area (Å²) in [6.07, 6.45) is 7.31. The number of rotatable bonds is 5. The van der Waals surface area contributed by atoms with Crippen LogP contribution >= 0.6 is 24.0 Å². The van der Waals surface area contributed by atoms with Gasteiger partial charge in [-0.05, 0) is 69.2 Å². The highest BCUT2D eigenvalue weighted by molar-refractivity contribution is 6.31. The minimum absolute atomic E-state index is 0. The Bertz CT molecular complexity index is 532. The molecular formula is C19H28Cl2N2O. The normalized spacial score (nSPS) is 21.5. The van der Waals surface area contributed by atoms with Crippen LogP contribution in [0, 0.1) is 5.92 Å². The second-order valence-electron chi connectivity index (χ2n) is 6.91. The number of nitrogens with zero attached hydrogens (tertiary/aromatic N) is 1. The topological polar surface area (TPSA) is 32.3 Å². The molecule has 1 N–H and O–H groups in total. The zero-order valence-corrected chi connectivity index (χ0v) is 15.7. The van der Waals surface area contributed by atoms with Gasteiger partial charge in [-0.1, -0.05) is 29.8 Å². The van der Waals surface area contributed by atoms with Gasteiger partial charge in [-0.25, -0.2) is 0 Å². The second-order valence-corrected chi connectivity index (χ2v) is 7.32. The first-order chi connectivity index (χ1) is 11.2. The number of halogens is 2. The van der Waals surface area contributed by atoms with E-state index in [4.69, 9.17) is 11.6 Å². The van der Waals surface area contributed by atoms with Gasteiger partial charge in [0.1, 0.15) is 0 Å². The summed E-state index contributed by atoms with van der Waals surface area (Å²) in [5.41, 5.74) is 1.16. The van der Waals surface area contributed by atoms with E-state index in [2.05, 4.69) is 16.3 Å². The van der Waals surface area contributed by atoms with Crippen LogP contribution in [0.1, 0.15) is 44.1 Å². The molecule has 1 aromatic carbocycles. The van der Waals surface area contributed by atoms with E-state index in [1.54, 1.807) is 0 Å². The van der Waals surface area contributed by atoms with Gasteiger partial charge in [0.25, 0.3) is 0 Å². The van der Waals surface area contributed by atoms with Gasteiger partial charge in [-0.3, -0.25) is 4.79 Å². The smallest absolute Gasteiger partial charge is 0.222 e.